The molecule has 2 aromatic rings. The Kier molecular flexibility index (Phi) is 5.86. The molecule has 0 unspecified atom stereocenters. The molecule has 0 fully saturated rings. The van der Waals surface area contributed by atoms with E-state index in [0.29, 0.717) is 13.0 Å². The Morgan fingerprint density at radius 1 is 1.04 bits per heavy atom. The Morgan fingerprint density at radius 2 is 1.70 bits per heavy atom. The van der Waals surface area contributed by atoms with Gasteiger partial charge in [0.15, 0.2) is 0 Å². The topological polar surface area (TPSA) is 49.4 Å². The van der Waals surface area contributed by atoms with Gasteiger partial charge in [0.05, 0.1) is 12.2 Å². The molecular formula is C18H19FN2O2. The van der Waals surface area contributed by atoms with Crippen molar-refractivity contribution < 1.29 is 14.0 Å². The van der Waals surface area contributed by atoms with Crippen LogP contribution in [-0.4, -0.2) is 29.8 Å². The highest BCUT2D eigenvalue weighted by Gasteiger charge is 2.14. The van der Waals surface area contributed by atoms with E-state index in [0.717, 1.165) is 5.56 Å². The van der Waals surface area contributed by atoms with Crippen LogP contribution in [0.25, 0.3) is 0 Å². The van der Waals surface area contributed by atoms with Crippen molar-refractivity contribution in [3.63, 3.8) is 0 Å². The summed E-state index contributed by atoms with van der Waals surface area (Å²) in [5, 5.41) is 2.49. The van der Waals surface area contributed by atoms with Gasteiger partial charge in [0.2, 0.25) is 11.8 Å². The van der Waals surface area contributed by atoms with Crippen LogP contribution in [0.4, 0.5) is 10.1 Å². The quantitative estimate of drug-likeness (QED) is 0.891. The van der Waals surface area contributed by atoms with Gasteiger partial charge in [-0.1, -0.05) is 42.5 Å². The summed E-state index contributed by atoms with van der Waals surface area (Å²) >= 11 is 0. The van der Waals surface area contributed by atoms with Crippen LogP contribution in [-0.2, 0) is 16.0 Å². The molecule has 5 heteroatoms. The lowest BCUT2D eigenvalue weighted by atomic mass is 10.1. The molecule has 4 nitrogen and oxygen atoms in total. The van der Waals surface area contributed by atoms with Gasteiger partial charge in [-0.05, 0) is 24.1 Å². The molecule has 0 aromatic heterocycles. The number of carbonyl (C=O) groups is 2. The van der Waals surface area contributed by atoms with Crippen LogP contribution in [0.5, 0.6) is 0 Å². The first-order chi connectivity index (χ1) is 11.1. The van der Waals surface area contributed by atoms with Crippen molar-refractivity contribution in [1.82, 2.24) is 4.90 Å². The maximum absolute atomic E-state index is 13.5. The molecule has 0 saturated heterocycles. The smallest absolute Gasteiger partial charge is 0.244 e. The Bertz CT molecular complexity index is 674. The van der Waals surface area contributed by atoms with Crippen LogP contribution in [0.1, 0.15) is 12.5 Å². The van der Waals surface area contributed by atoms with E-state index >= 15 is 0 Å². The highest BCUT2D eigenvalue weighted by atomic mass is 19.1. The van der Waals surface area contributed by atoms with Crippen LogP contribution in [0.15, 0.2) is 54.6 Å². The number of hydrogen-bond donors (Lipinski definition) is 1. The van der Waals surface area contributed by atoms with Crippen molar-refractivity contribution >= 4 is 17.5 Å². The van der Waals surface area contributed by atoms with Gasteiger partial charge < -0.3 is 10.2 Å². The first kappa shape index (κ1) is 16.7. The summed E-state index contributed by atoms with van der Waals surface area (Å²) in [5.74, 6) is -1.11. The summed E-state index contributed by atoms with van der Waals surface area (Å²) in [6.07, 6.45) is 0.660. The number of nitrogens with one attached hydrogen (secondary N) is 1. The lowest BCUT2D eigenvalue weighted by molar-refractivity contribution is -0.132. The fourth-order valence-electron chi connectivity index (χ4n) is 2.18. The van der Waals surface area contributed by atoms with Crippen LogP contribution in [0.2, 0.25) is 0 Å². The number of para-hydroxylation sites is 1. The van der Waals surface area contributed by atoms with Crippen LogP contribution in [0.3, 0.4) is 0 Å². The summed E-state index contributed by atoms with van der Waals surface area (Å²) in [6, 6.07) is 15.7. The molecule has 0 radical (unpaired) electrons. The third-order valence-corrected chi connectivity index (χ3v) is 3.44. The molecule has 0 saturated carbocycles. The minimum Gasteiger partial charge on any atom is -0.333 e. The zero-order valence-corrected chi connectivity index (χ0v) is 13.0. The minimum atomic E-state index is -0.500. The predicted molar refractivity (Wildman–Crippen MR) is 87.4 cm³/mol. The van der Waals surface area contributed by atoms with E-state index in [1.54, 1.807) is 12.1 Å². The number of benzene rings is 2. The average molecular weight is 314 g/mol. The van der Waals surface area contributed by atoms with Crippen LogP contribution in [0, 0.1) is 5.82 Å². The lowest BCUT2D eigenvalue weighted by Gasteiger charge is -2.20. The molecule has 2 rings (SSSR count). The number of rotatable bonds is 6. The van der Waals surface area contributed by atoms with Crippen molar-refractivity contribution in [1.29, 1.82) is 0 Å². The summed E-state index contributed by atoms with van der Waals surface area (Å²) in [5.41, 5.74) is 1.21. The molecular weight excluding hydrogens is 295 g/mol. The fourth-order valence-corrected chi connectivity index (χ4v) is 2.18. The minimum absolute atomic E-state index is 0.101. The molecule has 0 spiro atoms. The number of nitrogens with zero attached hydrogens (tertiary/aromatic N) is 1. The molecule has 0 aliphatic rings. The van der Waals surface area contributed by atoms with E-state index in [2.05, 4.69) is 5.32 Å². The van der Waals surface area contributed by atoms with Gasteiger partial charge in [-0.15, -0.1) is 0 Å². The number of amides is 2. The molecule has 0 aliphatic heterocycles. The van der Waals surface area contributed by atoms with E-state index < -0.39 is 11.7 Å². The molecule has 2 amide bonds. The zero-order chi connectivity index (χ0) is 16.7. The zero-order valence-electron chi connectivity index (χ0n) is 13.0. The van der Waals surface area contributed by atoms with Crippen molar-refractivity contribution in [2.45, 2.75) is 13.3 Å². The molecule has 0 aliphatic carbocycles. The van der Waals surface area contributed by atoms with Crippen molar-refractivity contribution in [3.05, 3.63) is 66.0 Å². The lowest BCUT2D eigenvalue weighted by Crippen LogP contribution is -2.38. The first-order valence-electron chi connectivity index (χ1n) is 7.40. The highest BCUT2D eigenvalue weighted by molar-refractivity contribution is 5.94. The largest absolute Gasteiger partial charge is 0.333 e. The molecule has 0 bridgehead atoms. The third-order valence-electron chi connectivity index (χ3n) is 3.44. The van der Waals surface area contributed by atoms with Crippen molar-refractivity contribution in [2.75, 3.05) is 18.4 Å². The predicted octanol–water partition coefficient (Wildman–Crippen LogP) is 2.86. The van der Waals surface area contributed by atoms with Gasteiger partial charge in [0, 0.05) is 13.5 Å². The van der Waals surface area contributed by atoms with E-state index in [-0.39, 0.29) is 18.1 Å². The summed E-state index contributed by atoms with van der Waals surface area (Å²) in [6.45, 7) is 1.75. The Hall–Kier alpha value is -2.69. The third kappa shape index (κ3) is 5.21. The van der Waals surface area contributed by atoms with Gasteiger partial charge in [0.25, 0.3) is 0 Å². The second-order valence-electron chi connectivity index (χ2n) is 5.20. The van der Waals surface area contributed by atoms with E-state index in [9.17, 15) is 14.0 Å². The Balaban J connectivity index is 1.92. The molecule has 0 atom stereocenters. The number of halogens is 1. The fraction of sp³-hybridized carbons (Fsp3) is 0.222. The van der Waals surface area contributed by atoms with Gasteiger partial charge in [-0.25, -0.2) is 4.39 Å². The number of anilines is 1. The maximum Gasteiger partial charge on any atom is 0.244 e. The standard InChI is InChI=1S/C18H19FN2O2/c1-14(22)21(12-11-15-7-3-2-4-8-15)13-18(23)20-17-10-6-5-9-16(17)19/h2-10H,11-13H2,1H3,(H,20,23). The van der Waals surface area contributed by atoms with Gasteiger partial charge in [-0.3, -0.25) is 9.59 Å². The molecule has 2 aromatic carbocycles. The monoisotopic (exact) mass is 314 g/mol. The SMILES string of the molecule is CC(=O)N(CCc1ccccc1)CC(=O)Nc1ccccc1F. The second kappa shape index (κ2) is 8.08. The van der Waals surface area contributed by atoms with Crippen molar-refractivity contribution in [2.24, 2.45) is 0 Å². The van der Waals surface area contributed by atoms with Gasteiger partial charge in [-0.2, -0.15) is 0 Å². The number of hydrogen-bond acceptors (Lipinski definition) is 2. The van der Waals surface area contributed by atoms with Gasteiger partial charge >= 0.3 is 0 Å². The summed E-state index contributed by atoms with van der Waals surface area (Å²) in [7, 11) is 0. The summed E-state index contributed by atoms with van der Waals surface area (Å²) in [4.78, 5) is 25.2. The van der Waals surface area contributed by atoms with Crippen LogP contribution >= 0.6 is 0 Å². The first-order valence-corrected chi connectivity index (χ1v) is 7.40. The highest BCUT2D eigenvalue weighted by Crippen LogP contribution is 2.12. The maximum atomic E-state index is 13.5. The molecule has 1 N–H and O–H groups in total. The van der Waals surface area contributed by atoms with E-state index in [1.807, 2.05) is 30.3 Å². The molecule has 120 valence electrons. The van der Waals surface area contributed by atoms with Crippen LogP contribution < -0.4 is 5.32 Å². The van der Waals surface area contributed by atoms with E-state index in [4.69, 9.17) is 0 Å². The molecule has 0 heterocycles. The van der Waals surface area contributed by atoms with Crippen molar-refractivity contribution in [3.8, 4) is 0 Å². The average Bonchev–Trinajstić information content (AvgIpc) is 2.54. The molecule has 23 heavy (non-hydrogen) atoms. The van der Waals surface area contributed by atoms with Gasteiger partial charge in [0.1, 0.15) is 5.82 Å². The second-order valence-corrected chi connectivity index (χ2v) is 5.20. The number of carbonyl (C=O) groups excluding carboxylic acids is 2. The normalized spacial score (nSPS) is 10.2. The van der Waals surface area contributed by atoms with E-state index in [1.165, 1.54) is 24.0 Å². The Morgan fingerprint density at radius 3 is 2.35 bits per heavy atom. The summed E-state index contributed by atoms with van der Waals surface area (Å²) < 4.78 is 13.5. The Labute approximate surface area is 134 Å².